The second-order valence-corrected chi connectivity index (χ2v) is 7.24. The first-order valence-electron chi connectivity index (χ1n) is 7.53. The van der Waals surface area contributed by atoms with Crippen LogP contribution in [0, 0.1) is 6.92 Å². The third-order valence-corrected chi connectivity index (χ3v) is 5.55. The van der Waals surface area contributed by atoms with Gasteiger partial charge in [-0.1, -0.05) is 11.6 Å². The van der Waals surface area contributed by atoms with E-state index in [1.165, 1.54) is 10.4 Å². The molecule has 0 aliphatic carbocycles. The fourth-order valence-corrected chi connectivity index (χ4v) is 4.12. The van der Waals surface area contributed by atoms with Gasteiger partial charge in [0.25, 0.3) is 5.91 Å². The van der Waals surface area contributed by atoms with Crippen molar-refractivity contribution < 1.29 is 4.79 Å². The van der Waals surface area contributed by atoms with Crippen LogP contribution in [0.5, 0.6) is 0 Å². The number of aromatic nitrogens is 1. The van der Waals surface area contributed by atoms with E-state index in [1.807, 2.05) is 36.1 Å². The number of pyridine rings is 1. The minimum absolute atomic E-state index is 0.0497. The molecule has 3 nitrogen and oxygen atoms in total. The molecule has 0 atom stereocenters. The van der Waals surface area contributed by atoms with E-state index in [9.17, 15) is 4.79 Å². The number of fused-ring (bicyclic) bond motifs is 2. The molecule has 116 valence electrons. The van der Waals surface area contributed by atoms with Crippen molar-refractivity contribution in [3.8, 4) is 0 Å². The summed E-state index contributed by atoms with van der Waals surface area (Å²) in [6.45, 7) is 3.34. The molecule has 1 aliphatic rings. The number of benzene rings is 1. The van der Waals surface area contributed by atoms with E-state index in [2.05, 4.69) is 16.4 Å². The van der Waals surface area contributed by atoms with Crippen molar-refractivity contribution in [2.24, 2.45) is 0 Å². The summed E-state index contributed by atoms with van der Waals surface area (Å²) in [6, 6.07) is 9.59. The lowest BCUT2D eigenvalue weighted by molar-refractivity contribution is 0.0735. The van der Waals surface area contributed by atoms with Crippen molar-refractivity contribution in [2.75, 3.05) is 6.54 Å². The molecule has 2 aromatic heterocycles. The van der Waals surface area contributed by atoms with Crippen LogP contribution in [-0.4, -0.2) is 22.3 Å². The summed E-state index contributed by atoms with van der Waals surface area (Å²) in [7, 11) is 0. The molecule has 1 amide bonds. The van der Waals surface area contributed by atoms with E-state index < -0.39 is 0 Å². The molecular formula is C18H15ClN2OS. The molecule has 1 aromatic carbocycles. The lowest BCUT2D eigenvalue weighted by Gasteiger charge is -2.27. The van der Waals surface area contributed by atoms with Crippen LogP contribution in [0.2, 0.25) is 5.02 Å². The maximum Gasteiger partial charge on any atom is 0.256 e. The zero-order chi connectivity index (χ0) is 16.0. The number of carbonyl (C=O) groups is 1. The van der Waals surface area contributed by atoms with Gasteiger partial charge < -0.3 is 4.90 Å². The Morgan fingerprint density at radius 1 is 1.30 bits per heavy atom. The highest BCUT2D eigenvalue weighted by atomic mass is 35.5. The minimum atomic E-state index is 0.0497. The van der Waals surface area contributed by atoms with Crippen molar-refractivity contribution >= 4 is 39.7 Å². The Hall–Kier alpha value is -1.91. The molecule has 1 aliphatic heterocycles. The number of aryl methyl sites for hydroxylation is 1. The summed E-state index contributed by atoms with van der Waals surface area (Å²) < 4.78 is 0. The molecule has 0 fully saturated rings. The number of amides is 1. The monoisotopic (exact) mass is 342 g/mol. The molecule has 23 heavy (non-hydrogen) atoms. The van der Waals surface area contributed by atoms with Crippen molar-refractivity contribution in [1.82, 2.24) is 9.88 Å². The van der Waals surface area contributed by atoms with E-state index in [1.54, 1.807) is 11.3 Å². The van der Waals surface area contributed by atoms with Crippen LogP contribution in [0.3, 0.4) is 0 Å². The Morgan fingerprint density at radius 3 is 3.04 bits per heavy atom. The summed E-state index contributed by atoms with van der Waals surface area (Å²) in [5.74, 6) is 0.0497. The third-order valence-electron chi connectivity index (χ3n) is 4.29. The van der Waals surface area contributed by atoms with E-state index in [0.717, 1.165) is 29.6 Å². The van der Waals surface area contributed by atoms with Gasteiger partial charge in [0, 0.05) is 28.4 Å². The number of nitrogens with zero attached hydrogens (tertiary/aromatic N) is 2. The number of halogens is 1. The molecule has 3 aromatic rings. The highest BCUT2D eigenvalue weighted by Crippen LogP contribution is 2.27. The minimum Gasteiger partial charge on any atom is -0.334 e. The van der Waals surface area contributed by atoms with Crippen LogP contribution < -0.4 is 0 Å². The normalized spacial score (nSPS) is 14.1. The lowest BCUT2D eigenvalue weighted by atomic mass is 10.1. The third kappa shape index (κ3) is 2.62. The fourth-order valence-electron chi connectivity index (χ4n) is 3.05. The molecule has 5 heteroatoms. The van der Waals surface area contributed by atoms with Crippen molar-refractivity contribution in [3.63, 3.8) is 0 Å². The predicted octanol–water partition coefficient (Wildman–Crippen LogP) is 4.46. The molecule has 0 saturated heterocycles. The van der Waals surface area contributed by atoms with E-state index in [-0.39, 0.29) is 5.91 Å². The molecule has 0 radical (unpaired) electrons. The van der Waals surface area contributed by atoms with E-state index in [4.69, 9.17) is 11.6 Å². The number of rotatable bonds is 1. The van der Waals surface area contributed by atoms with Crippen LogP contribution >= 0.6 is 22.9 Å². The highest BCUT2D eigenvalue weighted by molar-refractivity contribution is 7.10. The van der Waals surface area contributed by atoms with Crippen molar-refractivity contribution in [1.29, 1.82) is 0 Å². The molecule has 0 bridgehead atoms. The number of carbonyl (C=O) groups excluding carboxylic acids is 1. The maximum absolute atomic E-state index is 12.9. The number of hydrogen-bond donors (Lipinski definition) is 0. The van der Waals surface area contributed by atoms with Crippen molar-refractivity contribution in [2.45, 2.75) is 19.9 Å². The molecule has 0 unspecified atom stereocenters. The first-order chi connectivity index (χ1) is 11.1. The van der Waals surface area contributed by atoms with Gasteiger partial charge in [0.05, 0.1) is 16.8 Å². The summed E-state index contributed by atoms with van der Waals surface area (Å²) in [6.07, 6.45) is 0.935. The molecular weight excluding hydrogens is 328 g/mol. The highest BCUT2D eigenvalue weighted by Gasteiger charge is 2.24. The number of thiophene rings is 1. The first-order valence-corrected chi connectivity index (χ1v) is 8.79. The average Bonchev–Trinajstić information content (AvgIpc) is 3.01. The van der Waals surface area contributed by atoms with Gasteiger partial charge in [-0.05, 0) is 54.6 Å². The van der Waals surface area contributed by atoms with E-state index in [0.29, 0.717) is 17.1 Å². The first kappa shape index (κ1) is 14.7. The molecule has 4 rings (SSSR count). The van der Waals surface area contributed by atoms with Gasteiger partial charge in [-0.3, -0.25) is 9.78 Å². The summed E-state index contributed by atoms with van der Waals surface area (Å²) in [5, 5.41) is 3.66. The van der Waals surface area contributed by atoms with Crippen molar-refractivity contribution in [3.05, 3.63) is 62.4 Å². The molecule has 0 spiro atoms. The smallest absolute Gasteiger partial charge is 0.256 e. The van der Waals surface area contributed by atoms with Crippen LogP contribution in [0.25, 0.3) is 10.9 Å². The lowest BCUT2D eigenvalue weighted by Crippen LogP contribution is -2.35. The molecule has 3 heterocycles. The predicted molar refractivity (Wildman–Crippen MR) is 94.3 cm³/mol. The van der Waals surface area contributed by atoms with Gasteiger partial charge in [0.1, 0.15) is 0 Å². The zero-order valence-electron chi connectivity index (χ0n) is 12.7. The largest absolute Gasteiger partial charge is 0.334 e. The average molecular weight is 343 g/mol. The Balaban J connectivity index is 1.71. The van der Waals surface area contributed by atoms with Gasteiger partial charge in [-0.2, -0.15) is 0 Å². The van der Waals surface area contributed by atoms with Gasteiger partial charge >= 0.3 is 0 Å². The second kappa shape index (κ2) is 5.62. The van der Waals surface area contributed by atoms with Gasteiger partial charge in [-0.25, -0.2) is 0 Å². The van der Waals surface area contributed by atoms with Crippen LogP contribution in [-0.2, 0) is 13.0 Å². The van der Waals surface area contributed by atoms with E-state index >= 15 is 0 Å². The Bertz CT molecular complexity index is 919. The molecule has 0 N–H and O–H groups in total. The SMILES string of the molecule is Cc1nc2ccc(Cl)cc2cc1C(=O)N1CCc2sccc2C1. The van der Waals surface area contributed by atoms with Gasteiger partial charge in [0.2, 0.25) is 0 Å². The second-order valence-electron chi connectivity index (χ2n) is 5.80. The Kier molecular flexibility index (Phi) is 3.58. The molecule has 0 saturated carbocycles. The van der Waals surface area contributed by atoms with Crippen LogP contribution in [0.4, 0.5) is 0 Å². The Labute approximate surface area is 143 Å². The zero-order valence-corrected chi connectivity index (χ0v) is 14.2. The quantitative estimate of drug-likeness (QED) is 0.654. The van der Waals surface area contributed by atoms with Gasteiger partial charge in [0.15, 0.2) is 0 Å². The summed E-state index contributed by atoms with van der Waals surface area (Å²) in [5.41, 5.74) is 3.56. The summed E-state index contributed by atoms with van der Waals surface area (Å²) in [4.78, 5) is 20.8. The van der Waals surface area contributed by atoms with Gasteiger partial charge in [-0.15, -0.1) is 11.3 Å². The summed E-state index contributed by atoms with van der Waals surface area (Å²) >= 11 is 7.84. The fraction of sp³-hybridized carbons (Fsp3) is 0.222. The number of hydrogen-bond acceptors (Lipinski definition) is 3. The Morgan fingerprint density at radius 2 is 2.17 bits per heavy atom. The van der Waals surface area contributed by atoms with Crippen LogP contribution in [0.1, 0.15) is 26.5 Å². The topological polar surface area (TPSA) is 33.2 Å². The van der Waals surface area contributed by atoms with Crippen LogP contribution in [0.15, 0.2) is 35.7 Å². The maximum atomic E-state index is 12.9. The standard InChI is InChI=1S/C18H15ClN2OS/c1-11-15(9-13-8-14(19)2-3-16(13)20-11)18(22)21-6-4-17-12(10-21)5-7-23-17/h2-3,5,7-9H,4,6,10H2,1H3.